The van der Waals surface area contributed by atoms with E-state index in [0.29, 0.717) is 0 Å². The predicted molar refractivity (Wildman–Crippen MR) is 38.8 cm³/mol. The summed E-state index contributed by atoms with van der Waals surface area (Å²) in [5.41, 5.74) is -0.678. The summed E-state index contributed by atoms with van der Waals surface area (Å²) in [6.45, 7) is 0.526. The fraction of sp³-hybridized carbons (Fsp3) is 0.500. The second-order valence-electron chi connectivity index (χ2n) is 2.03. The summed E-state index contributed by atoms with van der Waals surface area (Å²) in [6, 6.07) is 0. The van der Waals surface area contributed by atoms with Crippen molar-refractivity contribution in [3.63, 3.8) is 0 Å². The summed E-state index contributed by atoms with van der Waals surface area (Å²) in [5.74, 6) is -2.19. The molecule has 0 aliphatic carbocycles. The molecule has 0 heterocycles. The van der Waals surface area contributed by atoms with Gasteiger partial charge in [-0.15, -0.1) is 0 Å². The summed E-state index contributed by atoms with van der Waals surface area (Å²) in [7, 11) is 0. The fourth-order valence-electron chi connectivity index (χ4n) is 0.502. The van der Waals surface area contributed by atoms with Crippen LogP contribution < -0.4 is 0 Å². The van der Waals surface area contributed by atoms with Crippen LogP contribution in [-0.2, 0) is 9.59 Å². The lowest BCUT2D eigenvalue weighted by atomic mass is 10.3. The maximum absolute atomic E-state index is 10.5. The maximum Gasteiger partial charge on any atom is 0.357 e. The van der Waals surface area contributed by atoms with E-state index in [1.807, 2.05) is 0 Å². The highest BCUT2D eigenvalue weighted by atomic mass is 16.5. The van der Waals surface area contributed by atoms with E-state index in [2.05, 4.69) is 4.99 Å². The van der Waals surface area contributed by atoms with Crippen molar-refractivity contribution in [2.75, 3.05) is 6.54 Å². The van der Waals surface area contributed by atoms with Crippen LogP contribution in [-0.4, -0.2) is 45.6 Å². The Bertz CT molecular complexity index is 204. The number of carboxylic acid groups (broad SMARTS) is 1. The molecule has 0 aromatic rings. The molecule has 0 aromatic heterocycles. The summed E-state index contributed by atoms with van der Waals surface area (Å²) in [4.78, 5) is 24.0. The quantitative estimate of drug-likeness (QED) is 0.271. The second kappa shape index (κ2) is 4.58. The molecular formula is C6H9NO5. The Kier molecular flexibility index (Phi) is 4.09. The molecule has 0 rings (SSSR count). The number of carbonyl (C=O) groups is 2. The SMILES string of the molecule is CC(=O)C(=NCC(O)O)C(=O)O. The van der Waals surface area contributed by atoms with Gasteiger partial charge in [0.2, 0.25) is 0 Å². The molecule has 0 aliphatic heterocycles. The van der Waals surface area contributed by atoms with Crippen LogP contribution in [0.4, 0.5) is 0 Å². The van der Waals surface area contributed by atoms with E-state index in [1.54, 1.807) is 0 Å². The van der Waals surface area contributed by atoms with Gasteiger partial charge >= 0.3 is 5.97 Å². The minimum absolute atomic E-state index is 0.513. The molecule has 6 heteroatoms. The van der Waals surface area contributed by atoms with E-state index in [0.717, 1.165) is 6.92 Å². The Labute approximate surface area is 68.2 Å². The number of hydrogen-bond acceptors (Lipinski definition) is 5. The average molecular weight is 175 g/mol. The molecule has 12 heavy (non-hydrogen) atoms. The van der Waals surface area contributed by atoms with Gasteiger partial charge in [0.05, 0.1) is 6.54 Å². The molecule has 0 spiro atoms. The predicted octanol–water partition coefficient (Wildman–Crippen LogP) is -1.59. The summed E-state index contributed by atoms with van der Waals surface area (Å²) >= 11 is 0. The summed E-state index contributed by atoms with van der Waals surface area (Å²) < 4.78 is 0. The lowest BCUT2D eigenvalue weighted by Gasteiger charge is -1.98. The van der Waals surface area contributed by atoms with Crippen molar-refractivity contribution < 1.29 is 24.9 Å². The van der Waals surface area contributed by atoms with E-state index in [9.17, 15) is 9.59 Å². The first kappa shape index (κ1) is 10.7. The highest BCUT2D eigenvalue weighted by molar-refractivity contribution is 6.63. The number of Topliss-reactive ketones (excluding diaryl/α,β-unsaturated/α-hetero) is 1. The minimum atomic E-state index is -1.74. The lowest BCUT2D eigenvalue weighted by molar-refractivity contribution is -0.130. The third kappa shape index (κ3) is 3.79. The first-order valence-electron chi connectivity index (χ1n) is 3.10. The van der Waals surface area contributed by atoms with Crippen LogP contribution in [0.1, 0.15) is 6.92 Å². The molecule has 0 saturated heterocycles. The van der Waals surface area contributed by atoms with E-state index >= 15 is 0 Å². The van der Waals surface area contributed by atoms with Gasteiger partial charge in [0.25, 0.3) is 0 Å². The van der Waals surface area contributed by atoms with E-state index in [-0.39, 0.29) is 0 Å². The molecule has 0 atom stereocenters. The molecule has 0 radical (unpaired) electrons. The van der Waals surface area contributed by atoms with Gasteiger partial charge in [-0.25, -0.2) is 4.79 Å². The molecular weight excluding hydrogens is 166 g/mol. The van der Waals surface area contributed by atoms with Crippen LogP contribution in [0.15, 0.2) is 4.99 Å². The van der Waals surface area contributed by atoms with Crippen molar-refractivity contribution in [3.05, 3.63) is 0 Å². The van der Waals surface area contributed by atoms with Gasteiger partial charge in [0, 0.05) is 6.92 Å². The Morgan fingerprint density at radius 1 is 1.42 bits per heavy atom. The van der Waals surface area contributed by atoms with E-state index in [1.165, 1.54) is 0 Å². The van der Waals surface area contributed by atoms with Gasteiger partial charge in [-0.2, -0.15) is 0 Å². The Hall–Kier alpha value is -1.27. The number of aliphatic hydroxyl groups excluding tert-OH is 1. The second-order valence-corrected chi connectivity index (χ2v) is 2.03. The third-order valence-corrected chi connectivity index (χ3v) is 0.949. The van der Waals surface area contributed by atoms with Crippen LogP contribution in [0.2, 0.25) is 0 Å². The first-order chi connectivity index (χ1) is 5.45. The fourth-order valence-corrected chi connectivity index (χ4v) is 0.502. The molecule has 68 valence electrons. The topological polar surface area (TPSA) is 107 Å². The minimum Gasteiger partial charge on any atom is -0.476 e. The molecule has 0 bridgehead atoms. The molecule has 0 amide bonds. The van der Waals surface area contributed by atoms with E-state index < -0.39 is 30.3 Å². The molecule has 0 unspecified atom stereocenters. The van der Waals surface area contributed by atoms with Crippen LogP contribution >= 0.6 is 0 Å². The zero-order valence-corrected chi connectivity index (χ0v) is 6.39. The molecule has 0 aliphatic rings. The number of hydrogen-bond donors (Lipinski definition) is 3. The Morgan fingerprint density at radius 2 is 1.92 bits per heavy atom. The van der Waals surface area contributed by atoms with Crippen molar-refractivity contribution in [2.24, 2.45) is 4.99 Å². The number of aliphatic imine (C=N–C) groups is 1. The molecule has 6 nitrogen and oxygen atoms in total. The number of aliphatic hydroxyl groups is 2. The normalized spacial score (nSPS) is 11.8. The van der Waals surface area contributed by atoms with Gasteiger partial charge < -0.3 is 15.3 Å². The van der Waals surface area contributed by atoms with Gasteiger partial charge in [-0.1, -0.05) is 0 Å². The molecule has 0 saturated carbocycles. The van der Waals surface area contributed by atoms with Gasteiger partial charge in [0.1, 0.15) is 0 Å². The number of ketones is 1. The third-order valence-electron chi connectivity index (χ3n) is 0.949. The maximum atomic E-state index is 10.5. The number of aliphatic carboxylic acids is 1. The Morgan fingerprint density at radius 3 is 2.17 bits per heavy atom. The zero-order valence-electron chi connectivity index (χ0n) is 6.39. The number of nitrogens with zero attached hydrogens (tertiary/aromatic N) is 1. The van der Waals surface area contributed by atoms with Gasteiger partial charge in [0.15, 0.2) is 17.8 Å². The summed E-state index contributed by atoms with van der Waals surface area (Å²) in [5, 5.41) is 25.0. The molecule has 0 aromatic carbocycles. The van der Waals surface area contributed by atoms with Crippen molar-refractivity contribution in [3.8, 4) is 0 Å². The van der Waals surface area contributed by atoms with Crippen molar-refractivity contribution >= 4 is 17.5 Å². The Balaban J connectivity index is 4.40. The van der Waals surface area contributed by atoms with Crippen LogP contribution in [0.3, 0.4) is 0 Å². The van der Waals surface area contributed by atoms with Crippen LogP contribution in [0, 0.1) is 0 Å². The van der Waals surface area contributed by atoms with Gasteiger partial charge in [-0.3, -0.25) is 9.79 Å². The van der Waals surface area contributed by atoms with Crippen LogP contribution in [0.5, 0.6) is 0 Å². The van der Waals surface area contributed by atoms with Crippen molar-refractivity contribution in [2.45, 2.75) is 13.2 Å². The lowest BCUT2D eigenvalue weighted by Crippen LogP contribution is -2.23. The van der Waals surface area contributed by atoms with Gasteiger partial charge in [-0.05, 0) is 0 Å². The zero-order chi connectivity index (χ0) is 9.72. The smallest absolute Gasteiger partial charge is 0.357 e. The molecule has 0 fully saturated rings. The average Bonchev–Trinajstić information content (AvgIpc) is 1.84. The number of carbonyl (C=O) groups excluding carboxylic acids is 1. The summed E-state index contributed by atoms with van der Waals surface area (Å²) in [6.07, 6.45) is -1.74. The molecule has 3 N–H and O–H groups in total. The van der Waals surface area contributed by atoms with Crippen molar-refractivity contribution in [1.29, 1.82) is 0 Å². The number of rotatable bonds is 4. The highest BCUT2D eigenvalue weighted by Gasteiger charge is 2.14. The standard InChI is InChI=1S/C6H9NO5/c1-3(8)5(6(11)12)7-2-4(9)10/h4,9-10H,2H2,1H3,(H,11,12). The van der Waals surface area contributed by atoms with Crippen molar-refractivity contribution in [1.82, 2.24) is 0 Å². The van der Waals surface area contributed by atoms with E-state index in [4.69, 9.17) is 15.3 Å². The monoisotopic (exact) mass is 175 g/mol. The first-order valence-corrected chi connectivity index (χ1v) is 3.10. The largest absolute Gasteiger partial charge is 0.476 e. The highest BCUT2D eigenvalue weighted by Crippen LogP contribution is 1.85. The number of carboxylic acids is 1. The van der Waals surface area contributed by atoms with Crippen LogP contribution in [0.25, 0.3) is 0 Å².